The van der Waals surface area contributed by atoms with Crippen molar-refractivity contribution in [2.24, 2.45) is 0 Å². The van der Waals surface area contributed by atoms with E-state index in [0.717, 1.165) is 26.0 Å². The van der Waals surface area contributed by atoms with Gasteiger partial charge in [-0.25, -0.2) is 0 Å². The van der Waals surface area contributed by atoms with Crippen molar-refractivity contribution < 1.29 is 4.74 Å². The van der Waals surface area contributed by atoms with Crippen molar-refractivity contribution in [1.82, 2.24) is 5.32 Å². The highest BCUT2D eigenvalue weighted by Crippen LogP contribution is 2.26. The minimum Gasteiger partial charge on any atom is -0.372 e. The molecule has 1 aromatic carbocycles. The van der Waals surface area contributed by atoms with Crippen LogP contribution in [-0.4, -0.2) is 19.2 Å². The third-order valence-electron chi connectivity index (χ3n) is 3.83. The molecule has 2 unspecified atom stereocenters. The van der Waals surface area contributed by atoms with Crippen LogP contribution in [0.1, 0.15) is 29.0 Å². The molecule has 1 aliphatic heterocycles. The number of thiophene rings is 1. The molecule has 0 saturated heterocycles. The zero-order chi connectivity index (χ0) is 13.8. The van der Waals surface area contributed by atoms with E-state index in [9.17, 15) is 0 Å². The summed E-state index contributed by atoms with van der Waals surface area (Å²) in [5.74, 6) is 0. The Labute approximate surface area is 124 Å². The van der Waals surface area contributed by atoms with Gasteiger partial charge in [0.15, 0.2) is 0 Å². The van der Waals surface area contributed by atoms with Crippen molar-refractivity contribution in [2.45, 2.75) is 31.9 Å². The van der Waals surface area contributed by atoms with Gasteiger partial charge in [-0.05, 0) is 42.3 Å². The molecule has 0 saturated carbocycles. The maximum atomic E-state index is 5.93. The molecule has 2 heterocycles. The van der Waals surface area contributed by atoms with Gasteiger partial charge in [0.1, 0.15) is 0 Å². The number of ether oxygens (including phenoxy) is 1. The van der Waals surface area contributed by atoms with Crippen LogP contribution in [-0.2, 0) is 17.6 Å². The Bertz CT molecular complexity index is 538. The van der Waals surface area contributed by atoms with Gasteiger partial charge in [0, 0.05) is 17.5 Å². The van der Waals surface area contributed by atoms with Gasteiger partial charge in [-0.3, -0.25) is 0 Å². The monoisotopic (exact) mass is 287 g/mol. The normalized spacial score (nSPS) is 19.6. The molecule has 0 fully saturated rings. The van der Waals surface area contributed by atoms with E-state index >= 15 is 0 Å². The van der Waals surface area contributed by atoms with E-state index in [4.69, 9.17) is 4.74 Å². The lowest BCUT2D eigenvalue weighted by Gasteiger charge is -2.27. The van der Waals surface area contributed by atoms with Crippen LogP contribution in [0.4, 0.5) is 0 Å². The standard InChI is InChI=1S/C17H21NOS/c1-13(11-15-6-4-10-20-15)18-12-17-16-7-3-2-5-14(16)8-9-19-17/h2-7,10,13,17-18H,8-9,11-12H2,1H3. The average Bonchev–Trinajstić information content (AvgIpc) is 2.98. The summed E-state index contributed by atoms with van der Waals surface area (Å²) in [6.45, 7) is 3.97. The van der Waals surface area contributed by atoms with Gasteiger partial charge in [-0.15, -0.1) is 11.3 Å². The number of fused-ring (bicyclic) bond motifs is 1. The molecule has 1 N–H and O–H groups in total. The fraction of sp³-hybridized carbons (Fsp3) is 0.412. The van der Waals surface area contributed by atoms with Crippen molar-refractivity contribution in [3.05, 3.63) is 57.8 Å². The molecule has 2 atom stereocenters. The van der Waals surface area contributed by atoms with Crippen molar-refractivity contribution in [3.63, 3.8) is 0 Å². The lowest BCUT2D eigenvalue weighted by Crippen LogP contribution is -2.34. The van der Waals surface area contributed by atoms with Gasteiger partial charge in [-0.1, -0.05) is 30.3 Å². The lowest BCUT2D eigenvalue weighted by molar-refractivity contribution is 0.0410. The van der Waals surface area contributed by atoms with E-state index in [1.165, 1.54) is 16.0 Å². The zero-order valence-corrected chi connectivity index (χ0v) is 12.7. The molecule has 0 spiro atoms. The Morgan fingerprint density at radius 1 is 1.30 bits per heavy atom. The molecule has 0 bridgehead atoms. The molecule has 20 heavy (non-hydrogen) atoms. The van der Waals surface area contributed by atoms with Gasteiger partial charge >= 0.3 is 0 Å². The first-order chi connectivity index (χ1) is 9.83. The Hall–Kier alpha value is -1.16. The molecule has 2 aromatic rings. The highest BCUT2D eigenvalue weighted by Gasteiger charge is 2.20. The maximum Gasteiger partial charge on any atom is 0.0952 e. The maximum absolute atomic E-state index is 5.93. The second kappa shape index (κ2) is 6.53. The van der Waals surface area contributed by atoms with Gasteiger partial charge in [-0.2, -0.15) is 0 Å². The zero-order valence-electron chi connectivity index (χ0n) is 11.8. The molecule has 2 nitrogen and oxygen atoms in total. The second-order valence-corrected chi connectivity index (χ2v) is 6.43. The van der Waals surface area contributed by atoms with Crippen LogP contribution in [0.2, 0.25) is 0 Å². The van der Waals surface area contributed by atoms with Crippen molar-refractivity contribution in [3.8, 4) is 0 Å². The van der Waals surface area contributed by atoms with Crippen LogP contribution in [0, 0.1) is 0 Å². The summed E-state index contributed by atoms with van der Waals surface area (Å²) in [5, 5.41) is 5.75. The molecule has 106 valence electrons. The molecule has 0 aliphatic carbocycles. The van der Waals surface area contributed by atoms with Crippen molar-refractivity contribution in [1.29, 1.82) is 0 Å². The number of nitrogens with one attached hydrogen (secondary N) is 1. The number of hydrogen-bond acceptors (Lipinski definition) is 3. The van der Waals surface area contributed by atoms with Gasteiger partial charge < -0.3 is 10.1 Å². The van der Waals surface area contributed by atoms with Gasteiger partial charge in [0.05, 0.1) is 12.7 Å². The van der Waals surface area contributed by atoms with E-state index < -0.39 is 0 Å². The van der Waals surface area contributed by atoms with Crippen LogP contribution in [0.25, 0.3) is 0 Å². The Morgan fingerprint density at radius 3 is 3.05 bits per heavy atom. The van der Waals surface area contributed by atoms with Crippen molar-refractivity contribution >= 4 is 11.3 Å². The predicted molar refractivity (Wildman–Crippen MR) is 84.3 cm³/mol. The Balaban J connectivity index is 1.56. The minimum absolute atomic E-state index is 0.200. The summed E-state index contributed by atoms with van der Waals surface area (Å²) in [4.78, 5) is 1.44. The third-order valence-corrected chi connectivity index (χ3v) is 4.73. The SMILES string of the molecule is CC(Cc1cccs1)NCC1OCCc2ccccc21. The summed E-state index contributed by atoms with van der Waals surface area (Å²) < 4.78 is 5.93. The van der Waals surface area contributed by atoms with Crippen LogP contribution >= 0.6 is 11.3 Å². The predicted octanol–water partition coefficient (Wildman–Crippen LogP) is 3.58. The number of hydrogen-bond donors (Lipinski definition) is 1. The van der Waals surface area contributed by atoms with E-state index in [1.807, 2.05) is 11.3 Å². The number of benzene rings is 1. The highest BCUT2D eigenvalue weighted by molar-refractivity contribution is 7.09. The van der Waals surface area contributed by atoms with E-state index in [1.54, 1.807) is 0 Å². The lowest BCUT2D eigenvalue weighted by atomic mass is 9.97. The molecular formula is C17H21NOS. The topological polar surface area (TPSA) is 21.3 Å². The van der Waals surface area contributed by atoms with Crippen LogP contribution in [0.15, 0.2) is 41.8 Å². The minimum atomic E-state index is 0.200. The van der Waals surface area contributed by atoms with Crippen LogP contribution in [0.5, 0.6) is 0 Å². The molecular weight excluding hydrogens is 266 g/mol. The quantitative estimate of drug-likeness (QED) is 0.907. The summed E-state index contributed by atoms with van der Waals surface area (Å²) in [7, 11) is 0. The van der Waals surface area contributed by atoms with E-state index in [-0.39, 0.29) is 6.10 Å². The largest absolute Gasteiger partial charge is 0.372 e. The second-order valence-electron chi connectivity index (χ2n) is 5.40. The Morgan fingerprint density at radius 2 is 2.20 bits per heavy atom. The smallest absolute Gasteiger partial charge is 0.0952 e. The molecule has 3 heteroatoms. The summed E-state index contributed by atoms with van der Waals surface area (Å²) in [5.41, 5.74) is 2.80. The van der Waals surface area contributed by atoms with Crippen LogP contribution < -0.4 is 5.32 Å². The van der Waals surface area contributed by atoms with Gasteiger partial charge in [0.2, 0.25) is 0 Å². The van der Waals surface area contributed by atoms with E-state index in [0.29, 0.717) is 6.04 Å². The summed E-state index contributed by atoms with van der Waals surface area (Å²) in [6.07, 6.45) is 2.33. The number of rotatable bonds is 5. The first kappa shape index (κ1) is 13.8. The molecule has 0 radical (unpaired) electrons. The fourth-order valence-corrected chi connectivity index (χ4v) is 3.59. The summed E-state index contributed by atoms with van der Waals surface area (Å²) in [6, 6.07) is 13.4. The van der Waals surface area contributed by atoms with E-state index in [2.05, 4.69) is 54.0 Å². The third kappa shape index (κ3) is 3.29. The Kier molecular flexibility index (Phi) is 4.51. The highest BCUT2D eigenvalue weighted by atomic mass is 32.1. The van der Waals surface area contributed by atoms with Crippen LogP contribution in [0.3, 0.4) is 0 Å². The van der Waals surface area contributed by atoms with Gasteiger partial charge in [0.25, 0.3) is 0 Å². The first-order valence-electron chi connectivity index (χ1n) is 7.28. The average molecular weight is 287 g/mol. The first-order valence-corrected chi connectivity index (χ1v) is 8.16. The fourth-order valence-electron chi connectivity index (χ4n) is 2.76. The molecule has 1 aliphatic rings. The molecule has 1 aromatic heterocycles. The molecule has 0 amide bonds. The molecule has 3 rings (SSSR count). The van der Waals surface area contributed by atoms with Crippen molar-refractivity contribution in [2.75, 3.05) is 13.2 Å². The summed E-state index contributed by atoms with van der Waals surface area (Å²) >= 11 is 1.83.